The smallest absolute Gasteiger partial charge is 0.240 e. The van der Waals surface area contributed by atoms with Gasteiger partial charge in [-0.05, 0) is 44.2 Å². The highest BCUT2D eigenvalue weighted by Gasteiger charge is 2.10. The third-order valence-electron chi connectivity index (χ3n) is 3.92. The van der Waals surface area contributed by atoms with Crippen molar-refractivity contribution < 1.29 is 8.42 Å². The quantitative estimate of drug-likeness (QED) is 0.309. The summed E-state index contributed by atoms with van der Waals surface area (Å²) in [6.07, 6.45) is 0. The van der Waals surface area contributed by atoms with E-state index >= 15 is 0 Å². The molecular formula is C19H27IN4O2S. The second-order valence-corrected chi connectivity index (χ2v) is 7.71. The molecule has 148 valence electrons. The van der Waals surface area contributed by atoms with E-state index in [9.17, 15) is 8.42 Å². The Labute approximate surface area is 178 Å². The molecule has 6 nitrogen and oxygen atoms in total. The van der Waals surface area contributed by atoms with E-state index in [1.807, 2.05) is 25.1 Å². The number of hydrogen-bond donors (Lipinski definition) is 3. The van der Waals surface area contributed by atoms with Gasteiger partial charge in [0.05, 0.1) is 17.5 Å². The average molecular weight is 502 g/mol. The number of nitrogens with one attached hydrogen (secondary N) is 3. The van der Waals surface area contributed by atoms with Crippen molar-refractivity contribution in [1.29, 1.82) is 0 Å². The molecule has 0 aliphatic carbocycles. The van der Waals surface area contributed by atoms with Crippen molar-refractivity contribution >= 4 is 40.0 Å². The highest BCUT2D eigenvalue weighted by Crippen LogP contribution is 2.12. The minimum absolute atomic E-state index is 0. The van der Waals surface area contributed by atoms with Gasteiger partial charge in [0, 0.05) is 6.54 Å². The molecule has 0 saturated carbocycles. The molecule has 8 heteroatoms. The summed E-state index contributed by atoms with van der Waals surface area (Å²) in [5.41, 5.74) is 2.12. The van der Waals surface area contributed by atoms with E-state index in [0.29, 0.717) is 6.54 Å². The van der Waals surface area contributed by atoms with Crippen LogP contribution >= 0.6 is 24.0 Å². The fourth-order valence-electron chi connectivity index (χ4n) is 2.41. The highest BCUT2D eigenvalue weighted by atomic mass is 127. The second-order valence-electron chi connectivity index (χ2n) is 5.82. The predicted molar refractivity (Wildman–Crippen MR) is 121 cm³/mol. The lowest BCUT2D eigenvalue weighted by Crippen LogP contribution is -2.38. The predicted octanol–water partition coefficient (Wildman–Crippen LogP) is 3.03. The first-order valence-electron chi connectivity index (χ1n) is 8.58. The summed E-state index contributed by atoms with van der Waals surface area (Å²) in [6.45, 7) is 5.31. The summed E-state index contributed by atoms with van der Waals surface area (Å²) in [5.74, 6) is 0.718. The van der Waals surface area contributed by atoms with Crippen molar-refractivity contribution in [2.75, 3.05) is 13.6 Å². The molecule has 2 rings (SSSR count). The monoisotopic (exact) mass is 502 g/mol. The Hall–Kier alpha value is -1.65. The lowest BCUT2D eigenvalue weighted by molar-refractivity contribution is 0.588. The van der Waals surface area contributed by atoms with Gasteiger partial charge < -0.3 is 10.6 Å². The normalized spacial score (nSPS) is 12.8. The topological polar surface area (TPSA) is 82.6 Å². The molecule has 1 unspecified atom stereocenters. The van der Waals surface area contributed by atoms with Gasteiger partial charge in [-0.1, -0.05) is 42.5 Å². The Morgan fingerprint density at radius 3 is 2.26 bits per heavy atom. The van der Waals surface area contributed by atoms with E-state index in [-0.39, 0.29) is 34.9 Å². The van der Waals surface area contributed by atoms with Crippen LogP contribution in [0.2, 0.25) is 0 Å². The summed E-state index contributed by atoms with van der Waals surface area (Å²) < 4.78 is 25.8. The number of benzene rings is 2. The Bertz CT molecular complexity index is 825. The maximum absolute atomic E-state index is 11.8. The largest absolute Gasteiger partial charge is 0.357 e. The lowest BCUT2D eigenvalue weighted by Gasteiger charge is -2.18. The molecule has 0 aliphatic rings. The van der Waals surface area contributed by atoms with Crippen molar-refractivity contribution in [2.45, 2.75) is 31.3 Å². The van der Waals surface area contributed by atoms with Gasteiger partial charge in [0.15, 0.2) is 5.96 Å². The van der Waals surface area contributed by atoms with Crippen LogP contribution in [0.15, 0.2) is 64.5 Å². The third kappa shape index (κ3) is 7.11. The van der Waals surface area contributed by atoms with Crippen LogP contribution < -0.4 is 15.4 Å². The van der Waals surface area contributed by atoms with Gasteiger partial charge in [-0.2, -0.15) is 0 Å². The zero-order chi connectivity index (χ0) is 19.0. The summed E-state index contributed by atoms with van der Waals surface area (Å²) >= 11 is 0. The van der Waals surface area contributed by atoms with Crippen LogP contribution in [0.5, 0.6) is 0 Å². The van der Waals surface area contributed by atoms with E-state index < -0.39 is 10.0 Å². The second kappa shape index (κ2) is 11.3. The fourth-order valence-corrected chi connectivity index (χ4v) is 3.14. The van der Waals surface area contributed by atoms with Gasteiger partial charge in [0.1, 0.15) is 0 Å². The molecule has 0 saturated heterocycles. The Morgan fingerprint density at radius 2 is 1.70 bits per heavy atom. The highest BCUT2D eigenvalue weighted by molar-refractivity contribution is 14.0. The molecule has 0 fully saturated rings. The van der Waals surface area contributed by atoms with Crippen LogP contribution in [0.25, 0.3) is 0 Å². The standard InChI is InChI=1S/C19H26N4O2S.HI/c1-4-21-19(23-15(2)17-8-6-5-7-9-17)22-14-16-10-12-18(13-11-16)26(24,25)20-3;/h5-13,15,20H,4,14H2,1-3H3,(H2,21,22,23);1H. The van der Waals surface area contributed by atoms with Gasteiger partial charge in [0.25, 0.3) is 0 Å². The SMILES string of the molecule is CCNC(=NCc1ccc(S(=O)(=O)NC)cc1)NC(C)c1ccccc1.I. The minimum Gasteiger partial charge on any atom is -0.357 e. The molecule has 0 aromatic heterocycles. The minimum atomic E-state index is -3.41. The molecule has 27 heavy (non-hydrogen) atoms. The number of rotatable bonds is 7. The van der Waals surface area contributed by atoms with E-state index in [0.717, 1.165) is 18.1 Å². The summed E-state index contributed by atoms with van der Waals surface area (Å²) in [4.78, 5) is 4.84. The number of nitrogens with zero attached hydrogens (tertiary/aromatic N) is 1. The molecular weight excluding hydrogens is 475 g/mol. The lowest BCUT2D eigenvalue weighted by atomic mass is 10.1. The number of aliphatic imine (C=N–C) groups is 1. The number of hydrogen-bond acceptors (Lipinski definition) is 3. The zero-order valence-electron chi connectivity index (χ0n) is 15.8. The first kappa shape index (κ1) is 23.4. The molecule has 0 radical (unpaired) electrons. The molecule has 3 N–H and O–H groups in total. The summed E-state index contributed by atoms with van der Waals surface area (Å²) in [7, 11) is -2.01. The van der Waals surface area contributed by atoms with Gasteiger partial charge in [-0.3, -0.25) is 0 Å². The van der Waals surface area contributed by atoms with Crippen LogP contribution in [0.3, 0.4) is 0 Å². The van der Waals surface area contributed by atoms with Crippen molar-refractivity contribution in [3.63, 3.8) is 0 Å². The maximum Gasteiger partial charge on any atom is 0.240 e. The van der Waals surface area contributed by atoms with E-state index in [4.69, 9.17) is 0 Å². The van der Waals surface area contributed by atoms with E-state index in [1.165, 1.54) is 12.6 Å². The van der Waals surface area contributed by atoms with Gasteiger partial charge >= 0.3 is 0 Å². The summed E-state index contributed by atoms with van der Waals surface area (Å²) in [6, 6.07) is 17.0. The first-order chi connectivity index (χ1) is 12.5. The average Bonchev–Trinajstić information content (AvgIpc) is 2.67. The van der Waals surface area contributed by atoms with Crippen molar-refractivity contribution in [2.24, 2.45) is 4.99 Å². The van der Waals surface area contributed by atoms with Crippen LogP contribution in [0.4, 0.5) is 0 Å². The zero-order valence-corrected chi connectivity index (χ0v) is 18.9. The van der Waals surface area contributed by atoms with Gasteiger partial charge in [-0.15, -0.1) is 24.0 Å². The molecule has 0 spiro atoms. The van der Waals surface area contributed by atoms with Crippen LogP contribution in [-0.4, -0.2) is 28.0 Å². The van der Waals surface area contributed by atoms with Crippen LogP contribution in [0.1, 0.15) is 31.0 Å². The third-order valence-corrected chi connectivity index (χ3v) is 5.35. The number of sulfonamides is 1. The molecule has 1 atom stereocenters. The van der Waals surface area contributed by atoms with E-state index in [1.54, 1.807) is 24.3 Å². The Kier molecular flexibility index (Phi) is 9.75. The number of halogens is 1. The molecule has 0 amide bonds. The van der Waals surface area contributed by atoms with Crippen molar-refractivity contribution in [1.82, 2.24) is 15.4 Å². The molecule has 2 aromatic carbocycles. The molecule has 0 heterocycles. The van der Waals surface area contributed by atoms with Crippen LogP contribution in [-0.2, 0) is 16.6 Å². The van der Waals surface area contributed by atoms with Crippen molar-refractivity contribution in [3.8, 4) is 0 Å². The van der Waals surface area contributed by atoms with Gasteiger partial charge in [-0.25, -0.2) is 18.1 Å². The molecule has 0 aliphatic heterocycles. The summed E-state index contributed by atoms with van der Waals surface area (Å²) in [5, 5.41) is 6.61. The molecule has 2 aromatic rings. The van der Waals surface area contributed by atoms with E-state index in [2.05, 4.69) is 39.4 Å². The van der Waals surface area contributed by atoms with Crippen LogP contribution in [0, 0.1) is 0 Å². The molecule has 0 bridgehead atoms. The Morgan fingerprint density at radius 1 is 1.07 bits per heavy atom. The van der Waals surface area contributed by atoms with Gasteiger partial charge in [0.2, 0.25) is 10.0 Å². The number of guanidine groups is 1. The fraction of sp³-hybridized carbons (Fsp3) is 0.316. The first-order valence-corrected chi connectivity index (χ1v) is 10.1. The maximum atomic E-state index is 11.8. The van der Waals surface area contributed by atoms with Crippen molar-refractivity contribution in [3.05, 3.63) is 65.7 Å². The Balaban J connectivity index is 0.00000364.